The number of hydrogen-bond acceptors (Lipinski definition) is 4. The van der Waals surface area contributed by atoms with Crippen molar-refractivity contribution in [3.63, 3.8) is 0 Å². The number of esters is 1. The van der Waals surface area contributed by atoms with Gasteiger partial charge in [-0.05, 0) is 46.0 Å². The highest BCUT2D eigenvalue weighted by molar-refractivity contribution is 5.72. The summed E-state index contributed by atoms with van der Waals surface area (Å²) in [7, 11) is 0. The number of rotatable bonds is 7. The molecule has 1 saturated carbocycles. The van der Waals surface area contributed by atoms with Crippen LogP contribution in [0.25, 0.3) is 0 Å². The highest BCUT2D eigenvalue weighted by Crippen LogP contribution is 2.32. The zero-order valence-corrected chi connectivity index (χ0v) is 12.2. The van der Waals surface area contributed by atoms with Crippen LogP contribution in [0.15, 0.2) is 12.7 Å². The third kappa shape index (κ3) is 5.33. The van der Waals surface area contributed by atoms with Crippen LogP contribution >= 0.6 is 0 Å². The summed E-state index contributed by atoms with van der Waals surface area (Å²) in [5, 5.41) is 13.8. The van der Waals surface area contributed by atoms with Crippen molar-refractivity contribution in [3.8, 4) is 0 Å². The second kappa shape index (κ2) is 7.65. The van der Waals surface area contributed by atoms with Crippen LogP contribution in [0.1, 0.15) is 46.0 Å². The van der Waals surface area contributed by atoms with Gasteiger partial charge in [-0.15, -0.1) is 6.58 Å². The maximum absolute atomic E-state index is 11.6. The van der Waals surface area contributed by atoms with Crippen LogP contribution in [0, 0.1) is 5.92 Å². The molecule has 4 heteroatoms. The molecule has 2 N–H and O–H groups in total. The molecule has 0 spiro atoms. The van der Waals surface area contributed by atoms with Crippen molar-refractivity contribution in [2.45, 2.75) is 57.6 Å². The van der Waals surface area contributed by atoms with Gasteiger partial charge in [-0.25, -0.2) is 0 Å². The van der Waals surface area contributed by atoms with Gasteiger partial charge in [-0.1, -0.05) is 6.08 Å². The van der Waals surface area contributed by atoms with Gasteiger partial charge in [0.25, 0.3) is 0 Å². The molecule has 0 aromatic rings. The van der Waals surface area contributed by atoms with E-state index >= 15 is 0 Å². The molecule has 0 aromatic carbocycles. The normalized spacial score (nSPS) is 28.7. The van der Waals surface area contributed by atoms with Gasteiger partial charge >= 0.3 is 5.97 Å². The molecule has 0 heterocycles. The Labute approximate surface area is 116 Å². The Kier molecular flexibility index (Phi) is 6.52. The van der Waals surface area contributed by atoms with Gasteiger partial charge in [0.2, 0.25) is 0 Å². The molecule has 0 radical (unpaired) electrons. The van der Waals surface area contributed by atoms with Crippen molar-refractivity contribution in [3.05, 3.63) is 12.7 Å². The van der Waals surface area contributed by atoms with Crippen LogP contribution in [0.2, 0.25) is 0 Å². The third-order valence-corrected chi connectivity index (χ3v) is 3.84. The van der Waals surface area contributed by atoms with Crippen molar-refractivity contribution in [1.29, 1.82) is 0 Å². The maximum atomic E-state index is 11.6. The smallest absolute Gasteiger partial charge is 0.308 e. The Balaban J connectivity index is 2.34. The van der Waals surface area contributed by atoms with Crippen molar-refractivity contribution < 1.29 is 14.6 Å². The lowest BCUT2D eigenvalue weighted by Crippen LogP contribution is -2.46. The highest BCUT2D eigenvalue weighted by Gasteiger charge is 2.36. The molecule has 110 valence electrons. The molecule has 1 atom stereocenters. The first-order valence-electron chi connectivity index (χ1n) is 7.24. The van der Waals surface area contributed by atoms with Crippen molar-refractivity contribution in [1.82, 2.24) is 5.32 Å². The molecule has 0 saturated heterocycles. The van der Waals surface area contributed by atoms with E-state index in [1.54, 1.807) is 0 Å². The topological polar surface area (TPSA) is 58.6 Å². The van der Waals surface area contributed by atoms with E-state index in [-0.39, 0.29) is 11.9 Å². The minimum Gasteiger partial charge on any atom is -0.466 e. The molecular formula is C15H27NO3. The summed E-state index contributed by atoms with van der Waals surface area (Å²) in [4.78, 5) is 11.6. The number of ether oxygens (including phenoxy) is 1. The number of carbonyl (C=O) groups is 1. The first-order chi connectivity index (χ1) is 9.00. The van der Waals surface area contributed by atoms with E-state index in [0.717, 1.165) is 6.42 Å². The van der Waals surface area contributed by atoms with Crippen molar-refractivity contribution in [2.75, 3.05) is 13.2 Å². The zero-order valence-electron chi connectivity index (χ0n) is 12.2. The minimum absolute atomic E-state index is 0.0363. The standard InChI is InChI=1S/C15H27NO3/c1-4-6-12(3)16-11-15(18)9-7-13(8-10-15)14(17)19-5-2/h4,12-13,16,18H,1,5-11H2,2-3H3. The van der Waals surface area contributed by atoms with Gasteiger partial charge in [-0.2, -0.15) is 0 Å². The first kappa shape index (κ1) is 16.2. The predicted octanol–water partition coefficient (Wildman–Crippen LogP) is 2.02. The Bertz CT molecular complexity index is 296. The molecule has 1 aliphatic rings. The summed E-state index contributed by atoms with van der Waals surface area (Å²) in [6.45, 7) is 8.62. The van der Waals surface area contributed by atoms with Crippen LogP contribution < -0.4 is 5.32 Å². The van der Waals surface area contributed by atoms with Gasteiger partial charge in [0.05, 0.1) is 18.1 Å². The average molecular weight is 269 g/mol. The Morgan fingerprint density at radius 1 is 1.58 bits per heavy atom. The predicted molar refractivity (Wildman–Crippen MR) is 75.8 cm³/mol. The average Bonchev–Trinajstić information content (AvgIpc) is 2.38. The monoisotopic (exact) mass is 269 g/mol. The first-order valence-corrected chi connectivity index (χ1v) is 7.24. The lowest BCUT2D eigenvalue weighted by atomic mass is 9.78. The molecule has 4 nitrogen and oxygen atoms in total. The molecule has 0 aromatic heterocycles. The van der Waals surface area contributed by atoms with E-state index < -0.39 is 5.60 Å². The number of hydrogen-bond donors (Lipinski definition) is 2. The van der Waals surface area contributed by atoms with Crippen molar-refractivity contribution >= 4 is 5.97 Å². The largest absolute Gasteiger partial charge is 0.466 e. The number of aliphatic hydroxyl groups is 1. The minimum atomic E-state index is -0.682. The summed E-state index contributed by atoms with van der Waals surface area (Å²) < 4.78 is 5.03. The summed E-state index contributed by atoms with van der Waals surface area (Å²) in [5.41, 5.74) is -0.682. The lowest BCUT2D eigenvalue weighted by molar-refractivity contribution is -0.151. The lowest BCUT2D eigenvalue weighted by Gasteiger charge is -2.36. The fourth-order valence-electron chi connectivity index (χ4n) is 2.53. The Morgan fingerprint density at radius 3 is 2.74 bits per heavy atom. The highest BCUT2D eigenvalue weighted by atomic mass is 16.5. The fourth-order valence-corrected chi connectivity index (χ4v) is 2.53. The quantitative estimate of drug-likeness (QED) is 0.548. The van der Waals surface area contributed by atoms with E-state index in [1.165, 1.54) is 0 Å². The van der Waals surface area contributed by atoms with Gasteiger partial charge in [0, 0.05) is 12.6 Å². The summed E-state index contributed by atoms with van der Waals surface area (Å²) in [6.07, 6.45) is 5.51. The van der Waals surface area contributed by atoms with Crippen LogP contribution in [0.4, 0.5) is 0 Å². The summed E-state index contributed by atoms with van der Waals surface area (Å²) >= 11 is 0. The van der Waals surface area contributed by atoms with Crippen LogP contribution in [-0.2, 0) is 9.53 Å². The summed E-state index contributed by atoms with van der Waals surface area (Å²) in [5.74, 6) is -0.150. The number of carbonyl (C=O) groups excluding carboxylic acids is 1. The molecule has 1 unspecified atom stereocenters. The molecule has 0 amide bonds. The summed E-state index contributed by atoms with van der Waals surface area (Å²) in [6, 6.07) is 0.323. The molecule has 0 aliphatic heterocycles. The van der Waals surface area contributed by atoms with Gasteiger partial charge in [-0.3, -0.25) is 4.79 Å². The van der Waals surface area contributed by atoms with Crippen LogP contribution in [-0.4, -0.2) is 35.9 Å². The van der Waals surface area contributed by atoms with Gasteiger partial charge in [0.15, 0.2) is 0 Å². The van der Waals surface area contributed by atoms with E-state index in [0.29, 0.717) is 44.9 Å². The maximum Gasteiger partial charge on any atom is 0.308 e. The third-order valence-electron chi connectivity index (χ3n) is 3.84. The molecule has 1 rings (SSSR count). The Hall–Kier alpha value is -0.870. The van der Waals surface area contributed by atoms with Gasteiger partial charge < -0.3 is 15.2 Å². The van der Waals surface area contributed by atoms with Crippen LogP contribution in [0.3, 0.4) is 0 Å². The molecular weight excluding hydrogens is 242 g/mol. The zero-order chi connectivity index (χ0) is 14.3. The second-order valence-corrected chi connectivity index (χ2v) is 5.56. The Morgan fingerprint density at radius 2 is 2.21 bits per heavy atom. The van der Waals surface area contributed by atoms with E-state index in [9.17, 15) is 9.90 Å². The number of nitrogens with one attached hydrogen (secondary N) is 1. The van der Waals surface area contributed by atoms with Crippen molar-refractivity contribution in [2.24, 2.45) is 5.92 Å². The van der Waals surface area contributed by atoms with E-state index in [4.69, 9.17) is 4.74 Å². The molecule has 1 fully saturated rings. The SMILES string of the molecule is C=CCC(C)NCC1(O)CCC(C(=O)OCC)CC1. The van der Waals surface area contributed by atoms with E-state index in [1.807, 2.05) is 13.0 Å². The second-order valence-electron chi connectivity index (χ2n) is 5.56. The fraction of sp³-hybridized carbons (Fsp3) is 0.800. The van der Waals surface area contributed by atoms with Crippen LogP contribution in [0.5, 0.6) is 0 Å². The molecule has 0 bridgehead atoms. The van der Waals surface area contributed by atoms with E-state index in [2.05, 4.69) is 18.8 Å². The molecule has 19 heavy (non-hydrogen) atoms. The van der Waals surface area contributed by atoms with Gasteiger partial charge in [0.1, 0.15) is 0 Å². The molecule has 1 aliphatic carbocycles.